The van der Waals surface area contributed by atoms with Crippen molar-refractivity contribution in [1.29, 1.82) is 0 Å². The van der Waals surface area contributed by atoms with Crippen molar-refractivity contribution in [3.05, 3.63) is 211 Å². The van der Waals surface area contributed by atoms with Gasteiger partial charge in [0, 0.05) is 60.7 Å². The van der Waals surface area contributed by atoms with E-state index in [-0.39, 0.29) is 0 Å². The van der Waals surface area contributed by atoms with Crippen molar-refractivity contribution in [3.63, 3.8) is 0 Å². The second kappa shape index (κ2) is 19.1. The Bertz CT molecular complexity index is 4320. The van der Waals surface area contributed by atoms with Crippen LogP contribution in [-0.2, 0) is 12.8 Å². The van der Waals surface area contributed by atoms with E-state index in [1.165, 1.54) is 41.4 Å². The van der Waals surface area contributed by atoms with Gasteiger partial charge in [-0.15, -0.1) is 22.7 Å². The summed E-state index contributed by atoms with van der Waals surface area (Å²) in [6.45, 7) is 4.23. The lowest BCUT2D eigenvalue weighted by atomic mass is 9.80. The fourth-order valence-electron chi connectivity index (χ4n) is 9.69. The summed E-state index contributed by atoms with van der Waals surface area (Å²) in [6.07, 6.45) is 1.72. The fourth-order valence-corrected chi connectivity index (χ4v) is 12.4. The molecule has 0 bridgehead atoms. The number of rotatable bonds is 6. The van der Waals surface area contributed by atoms with Gasteiger partial charge < -0.3 is 10.0 Å². The van der Waals surface area contributed by atoms with Crippen molar-refractivity contribution in [1.82, 2.24) is 29.1 Å². The highest BCUT2D eigenvalue weighted by Crippen LogP contribution is 2.43. The number of halogens is 1. The van der Waals surface area contributed by atoms with E-state index < -0.39 is 7.12 Å². The lowest BCUT2D eigenvalue weighted by Crippen LogP contribution is -2.29. The first kappa shape index (κ1) is 45.4. The Hall–Kier alpha value is -7.77. The van der Waals surface area contributed by atoms with Crippen LogP contribution < -0.4 is 5.46 Å². The normalized spacial score (nSPS) is 11.5. The Labute approximate surface area is 427 Å². The zero-order valence-electron chi connectivity index (χ0n) is 39.2. The number of para-hydroxylation sites is 6. The molecule has 0 radical (unpaired) electrons. The van der Waals surface area contributed by atoms with Crippen molar-refractivity contribution >= 4 is 131 Å². The van der Waals surface area contributed by atoms with E-state index in [0.717, 1.165) is 95.1 Å². The third-order valence-corrected chi connectivity index (χ3v) is 16.0. The van der Waals surface area contributed by atoms with Gasteiger partial charge in [0.1, 0.15) is 11.6 Å². The molecule has 0 amide bonds. The molecule has 0 aliphatic rings. The zero-order chi connectivity index (χ0) is 48.9. The maximum absolute atomic E-state index is 9.15. The van der Waals surface area contributed by atoms with Crippen LogP contribution in [0.2, 0.25) is 5.02 Å². The number of thiophene rings is 2. The second-order valence-corrected chi connectivity index (χ2v) is 19.9. The molecule has 0 unspecified atom stereocenters. The Morgan fingerprint density at radius 1 is 0.444 bits per heavy atom. The first-order valence-corrected chi connectivity index (χ1v) is 25.9. The van der Waals surface area contributed by atoms with Gasteiger partial charge >= 0.3 is 7.12 Å². The average molecular weight is 991 g/mol. The standard InChI is InChI=1S/C30H21N3S.C15H15BN2O2.C15H8ClNS/c1-2-27-31-24-12-6-7-13-25(24)33(27)20-17-15-19(16-18-20)28-21-9-3-5-11-23(21)32-29-22-10-4-8-14-26(22)34-30(28)29;1-2-15-17-13-5-3-4-6-14(13)18(15)12-9-7-11(8-10-12)16(19)20;16-13-9-5-1-3-7-11(9)17-14-10-6-2-4-8-12(10)18-15(13)14/h3-18H,2H2,1H3;3-10,19-20H,2H2,1H3;1-8H. The van der Waals surface area contributed by atoms with Gasteiger partial charge in [-0.1, -0.05) is 147 Å². The number of imidazole rings is 2. The minimum absolute atomic E-state index is 0.483. The van der Waals surface area contributed by atoms with Gasteiger partial charge in [0.15, 0.2) is 0 Å². The van der Waals surface area contributed by atoms with Gasteiger partial charge in [-0.25, -0.2) is 19.9 Å². The van der Waals surface area contributed by atoms with Crippen LogP contribution in [0.15, 0.2) is 194 Å². The minimum Gasteiger partial charge on any atom is -0.423 e. The molecule has 0 fully saturated rings. The fraction of sp³-hybridized carbons (Fsp3) is 0.0667. The maximum Gasteiger partial charge on any atom is 0.488 e. The summed E-state index contributed by atoms with van der Waals surface area (Å²) in [5, 5.41) is 23.8. The highest BCUT2D eigenvalue weighted by Gasteiger charge is 2.18. The summed E-state index contributed by atoms with van der Waals surface area (Å²) < 4.78 is 9.21. The monoisotopic (exact) mass is 990 g/mol. The largest absolute Gasteiger partial charge is 0.488 e. The highest BCUT2D eigenvalue weighted by molar-refractivity contribution is 7.26. The van der Waals surface area contributed by atoms with E-state index >= 15 is 0 Å². The van der Waals surface area contributed by atoms with E-state index in [1.54, 1.807) is 23.5 Å². The van der Waals surface area contributed by atoms with Gasteiger partial charge in [-0.3, -0.25) is 9.13 Å². The number of hydrogen-bond donors (Lipinski definition) is 2. The highest BCUT2D eigenvalue weighted by atomic mass is 35.5. The molecule has 8 aromatic carbocycles. The van der Waals surface area contributed by atoms with Gasteiger partial charge in [0.2, 0.25) is 0 Å². The minimum atomic E-state index is -1.44. The molecule has 6 heterocycles. The summed E-state index contributed by atoms with van der Waals surface area (Å²) >= 11 is 10.1. The third kappa shape index (κ3) is 8.05. The molecule has 0 aliphatic heterocycles. The van der Waals surface area contributed by atoms with E-state index in [2.05, 4.69) is 131 Å². The number of pyridine rings is 2. The number of aromatic nitrogens is 6. The molecule has 14 aromatic rings. The van der Waals surface area contributed by atoms with E-state index in [0.29, 0.717) is 5.46 Å². The summed E-state index contributed by atoms with van der Waals surface area (Å²) in [4.78, 5) is 19.3. The van der Waals surface area contributed by atoms with Crippen molar-refractivity contribution < 1.29 is 10.0 Å². The predicted octanol–water partition coefficient (Wildman–Crippen LogP) is 14.7. The van der Waals surface area contributed by atoms with Gasteiger partial charge in [-0.2, -0.15) is 0 Å². The molecular formula is C60H44BClN6O2S2. The first-order chi connectivity index (χ1) is 35.4. The summed E-state index contributed by atoms with van der Waals surface area (Å²) in [6, 6.07) is 65.8. The molecular weight excluding hydrogens is 947 g/mol. The van der Waals surface area contributed by atoms with Gasteiger partial charge in [0.25, 0.3) is 0 Å². The number of fused-ring (bicyclic) bond motifs is 10. The molecule has 2 N–H and O–H groups in total. The second-order valence-electron chi connectivity index (χ2n) is 17.4. The molecule has 72 heavy (non-hydrogen) atoms. The summed E-state index contributed by atoms with van der Waals surface area (Å²) in [7, 11) is -1.44. The molecule has 0 atom stereocenters. The lowest BCUT2D eigenvalue weighted by Gasteiger charge is -2.12. The number of aryl methyl sites for hydroxylation is 2. The molecule has 0 saturated heterocycles. The van der Waals surface area contributed by atoms with Gasteiger partial charge in [0.05, 0.1) is 58.6 Å². The van der Waals surface area contributed by atoms with E-state index in [1.807, 2.05) is 90.2 Å². The molecule has 8 nitrogen and oxygen atoms in total. The number of hydrogen-bond acceptors (Lipinski definition) is 8. The van der Waals surface area contributed by atoms with Crippen molar-refractivity contribution in [2.24, 2.45) is 0 Å². The Morgan fingerprint density at radius 2 is 0.861 bits per heavy atom. The van der Waals surface area contributed by atoms with Crippen LogP contribution in [0.3, 0.4) is 0 Å². The van der Waals surface area contributed by atoms with Crippen LogP contribution in [0, 0.1) is 0 Å². The van der Waals surface area contributed by atoms with Crippen molar-refractivity contribution in [3.8, 4) is 22.5 Å². The first-order valence-electron chi connectivity index (χ1n) is 23.9. The maximum atomic E-state index is 9.15. The van der Waals surface area contributed by atoms with Gasteiger partial charge in [-0.05, 0) is 83.8 Å². The molecule has 14 rings (SSSR count). The van der Waals surface area contributed by atoms with Crippen LogP contribution >= 0.6 is 34.3 Å². The number of nitrogens with zero attached hydrogens (tertiary/aromatic N) is 6. The smallest absolute Gasteiger partial charge is 0.423 e. The zero-order valence-corrected chi connectivity index (χ0v) is 41.6. The van der Waals surface area contributed by atoms with Crippen molar-refractivity contribution in [2.75, 3.05) is 0 Å². The van der Waals surface area contributed by atoms with E-state index in [9.17, 15) is 0 Å². The Morgan fingerprint density at radius 3 is 1.39 bits per heavy atom. The Kier molecular flexibility index (Phi) is 12.0. The number of benzene rings is 8. The van der Waals surface area contributed by atoms with Crippen LogP contribution in [0.1, 0.15) is 25.5 Å². The van der Waals surface area contributed by atoms with Crippen LogP contribution in [-0.4, -0.2) is 46.2 Å². The van der Waals surface area contributed by atoms with Crippen LogP contribution in [0.5, 0.6) is 0 Å². The molecule has 0 saturated carbocycles. The van der Waals surface area contributed by atoms with Crippen LogP contribution in [0.25, 0.3) is 107 Å². The SMILES string of the molecule is CCc1nc2ccccc2n1-c1ccc(-c2c3ccccc3nc3c2sc2ccccc23)cc1.CCc1nc2ccccc2n1-c1ccc(B(O)O)cc1.Clc1c2ccccc2nc2c1sc1ccccc12. The molecule has 348 valence electrons. The van der Waals surface area contributed by atoms with Crippen molar-refractivity contribution in [2.45, 2.75) is 26.7 Å². The quantitative estimate of drug-likeness (QED) is 0.161. The summed E-state index contributed by atoms with van der Waals surface area (Å²) in [5.74, 6) is 2.07. The predicted molar refractivity (Wildman–Crippen MR) is 304 cm³/mol. The molecule has 0 aliphatic carbocycles. The van der Waals surface area contributed by atoms with Crippen LogP contribution in [0.4, 0.5) is 0 Å². The lowest BCUT2D eigenvalue weighted by molar-refractivity contribution is 0.426. The molecule has 12 heteroatoms. The topological polar surface area (TPSA) is 102 Å². The summed E-state index contributed by atoms with van der Waals surface area (Å²) in [5.41, 5.74) is 13.4. The molecule has 0 spiro atoms. The Balaban J connectivity index is 0.000000119. The van der Waals surface area contributed by atoms with E-state index in [4.69, 9.17) is 36.6 Å². The average Bonchev–Trinajstić information content (AvgIpc) is 4.21. The molecule has 6 aromatic heterocycles. The third-order valence-electron chi connectivity index (χ3n) is 13.1.